The molecule has 1 radical (unpaired) electrons. The molecule has 0 aromatic rings. The number of aliphatic hydroxyl groups is 7. The van der Waals surface area contributed by atoms with Crippen molar-refractivity contribution in [2.45, 2.75) is 162 Å². The maximum absolute atomic E-state index is 10.9. The van der Waals surface area contributed by atoms with Crippen molar-refractivity contribution < 1.29 is 83.0 Å². The SMILES string of the molecule is C.C=COC(C)=O.CC(=O)OC(C)C(C)OC(CC(C)O)CC(O)CC(C)O.CC(O)CC(O)CC(O)CC(C)O.OP.[V]. The van der Waals surface area contributed by atoms with Gasteiger partial charge in [-0.2, -0.15) is 0 Å². The van der Waals surface area contributed by atoms with E-state index in [2.05, 4.69) is 11.3 Å². The van der Waals surface area contributed by atoms with E-state index in [0.717, 1.165) is 6.26 Å². The molecule has 0 spiro atoms. The summed E-state index contributed by atoms with van der Waals surface area (Å²) in [4.78, 5) is 27.6. The number of ether oxygens (including phenoxy) is 3. The van der Waals surface area contributed by atoms with Gasteiger partial charge in [-0.15, -0.1) is 0 Å². The van der Waals surface area contributed by atoms with E-state index in [4.69, 9.17) is 24.6 Å². The molecule has 0 aliphatic carbocycles. The van der Waals surface area contributed by atoms with Gasteiger partial charge in [0.15, 0.2) is 0 Å². The first-order chi connectivity index (χ1) is 19.3. The molecular weight excluding hydrogens is 638 g/mol. The van der Waals surface area contributed by atoms with Crippen LogP contribution in [0.15, 0.2) is 12.8 Å². The molecule has 0 aromatic carbocycles. The molecule has 0 amide bonds. The van der Waals surface area contributed by atoms with Crippen LogP contribution < -0.4 is 0 Å². The Morgan fingerprint density at radius 2 is 0.977 bits per heavy atom. The summed E-state index contributed by atoms with van der Waals surface area (Å²) in [7, 11) is 1.42. The van der Waals surface area contributed by atoms with E-state index in [0.29, 0.717) is 12.8 Å². The van der Waals surface area contributed by atoms with Crippen molar-refractivity contribution in [1.29, 1.82) is 0 Å². The van der Waals surface area contributed by atoms with Crippen LogP contribution in [-0.4, -0.2) is 114 Å². The van der Waals surface area contributed by atoms with Gasteiger partial charge in [-0.1, -0.05) is 14.0 Å². The van der Waals surface area contributed by atoms with Crippen molar-refractivity contribution in [3.8, 4) is 0 Å². The number of esters is 2. The Bertz CT molecular complexity index is 641. The van der Waals surface area contributed by atoms with Gasteiger partial charge in [-0.3, -0.25) is 9.59 Å². The first-order valence-corrected chi connectivity index (χ1v) is 14.4. The van der Waals surface area contributed by atoms with Crippen LogP contribution in [0.5, 0.6) is 0 Å². The van der Waals surface area contributed by atoms with Gasteiger partial charge in [0.25, 0.3) is 0 Å². The fourth-order valence-corrected chi connectivity index (χ4v) is 3.56. The number of aliphatic hydroxyl groups excluding tert-OH is 7. The van der Waals surface area contributed by atoms with Gasteiger partial charge in [0.05, 0.1) is 61.2 Å². The Kier molecular flexibility index (Phi) is 44.6. The number of carbonyl (C=O) groups is 2. The molecule has 0 saturated carbocycles. The van der Waals surface area contributed by atoms with Gasteiger partial charge in [0.1, 0.15) is 6.10 Å². The predicted molar refractivity (Wildman–Crippen MR) is 169 cm³/mol. The second-order valence-electron chi connectivity index (χ2n) is 10.3. The zero-order valence-corrected chi connectivity index (χ0v) is 29.5. The Morgan fingerprint density at radius 1 is 0.636 bits per heavy atom. The molecule has 267 valence electrons. The molecule has 11 unspecified atom stereocenters. The van der Waals surface area contributed by atoms with E-state index in [-0.39, 0.29) is 75.8 Å². The van der Waals surface area contributed by atoms with Gasteiger partial charge in [-0.05, 0) is 89.5 Å². The average molecular weight is 702 g/mol. The molecule has 0 aromatic heterocycles. The Labute approximate surface area is 279 Å². The van der Waals surface area contributed by atoms with Crippen LogP contribution in [0.3, 0.4) is 0 Å². The van der Waals surface area contributed by atoms with Crippen molar-refractivity contribution in [3.05, 3.63) is 12.8 Å². The quantitative estimate of drug-likeness (QED) is 0.0616. The second-order valence-corrected chi connectivity index (χ2v) is 10.3. The molecule has 11 atom stereocenters. The third kappa shape index (κ3) is 45.8. The molecule has 0 aliphatic heterocycles. The maximum atomic E-state index is 10.9. The van der Waals surface area contributed by atoms with Crippen molar-refractivity contribution in [2.24, 2.45) is 0 Å². The van der Waals surface area contributed by atoms with Gasteiger partial charge in [-0.25, -0.2) is 0 Å². The number of carbonyl (C=O) groups excluding carboxylic acids is 2. The fourth-order valence-electron chi connectivity index (χ4n) is 3.56. The summed E-state index contributed by atoms with van der Waals surface area (Å²) in [5.74, 6) is -0.704. The third-order valence-corrected chi connectivity index (χ3v) is 5.19. The summed E-state index contributed by atoms with van der Waals surface area (Å²) in [5.41, 5.74) is 0. The van der Waals surface area contributed by atoms with Crippen LogP contribution in [0.1, 0.15) is 101 Å². The summed E-state index contributed by atoms with van der Waals surface area (Å²) in [6.07, 6.45) is -2.75. The molecule has 0 rings (SSSR count). The first-order valence-electron chi connectivity index (χ1n) is 13.9. The molecule has 0 bridgehead atoms. The smallest absolute Gasteiger partial charge is 0.307 e. The van der Waals surface area contributed by atoms with E-state index >= 15 is 0 Å². The molecule has 44 heavy (non-hydrogen) atoms. The minimum atomic E-state index is -0.704. The van der Waals surface area contributed by atoms with Crippen molar-refractivity contribution in [2.75, 3.05) is 0 Å². The molecule has 0 fully saturated rings. The second kappa shape index (κ2) is 35.2. The molecule has 0 aliphatic rings. The van der Waals surface area contributed by atoms with E-state index in [1.54, 1.807) is 41.5 Å². The molecule has 13 nitrogen and oxygen atoms in total. The fraction of sp³-hybridized carbons (Fsp3) is 0.862. The average Bonchev–Trinajstić information content (AvgIpc) is 2.78. The zero-order valence-electron chi connectivity index (χ0n) is 26.9. The van der Waals surface area contributed by atoms with Crippen LogP contribution in [0.4, 0.5) is 0 Å². The Morgan fingerprint density at radius 3 is 1.23 bits per heavy atom. The zero-order chi connectivity index (χ0) is 34.0. The van der Waals surface area contributed by atoms with Crippen LogP contribution in [0.25, 0.3) is 0 Å². The molecule has 8 N–H and O–H groups in total. The summed E-state index contributed by atoms with van der Waals surface area (Å²) in [6.45, 7) is 15.8. The third-order valence-electron chi connectivity index (χ3n) is 5.19. The van der Waals surface area contributed by atoms with E-state index in [1.165, 1.54) is 23.3 Å². The minimum Gasteiger partial charge on any atom is -0.460 e. The van der Waals surface area contributed by atoms with E-state index in [9.17, 15) is 35.1 Å². The van der Waals surface area contributed by atoms with Gasteiger partial charge in [0.2, 0.25) is 0 Å². The topological polar surface area (TPSA) is 224 Å². The molecule has 15 heteroatoms. The summed E-state index contributed by atoms with van der Waals surface area (Å²) >= 11 is 0. The van der Waals surface area contributed by atoms with Crippen LogP contribution in [-0.2, 0) is 42.4 Å². The van der Waals surface area contributed by atoms with Crippen molar-refractivity contribution >= 4 is 21.4 Å². The minimum absolute atomic E-state index is 0. The van der Waals surface area contributed by atoms with Gasteiger partial charge < -0.3 is 54.8 Å². The van der Waals surface area contributed by atoms with E-state index in [1.807, 2.05) is 0 Å². The maximum Gasteiger partial charge on any atom is 0.307 e. The van der Waals surface area contributed by atoms with Crippen LogP contribution in [0, 0.1) is 0 Å². The molecule has 0 heterocycles. The van der Waals surface area contributed by atoms with Crippen molar-refractivity contribution in [1.82, 2.24) is 0 Å². The Balaban J connectivity index is -0.000000134. The number of hydrogen-bond donors (Lipinski definition) is 8. The predicted octanol–water partition coefficient (Wildman–Crippen LogP) is 1.74. The van der Waals surface area contributed by atoms with Gasteiger partial charge >= 0.3 is 11.9 Å². The first kappa shape index (κ1) is 55.7. The Hall–Kier alpha value is -0.666. The summed E-state index contributed by atoms with van der Waals surface area (Å²) in [5, 5.41) is 65.1. The van der Waals surface area contributed by atoms with E-state index < -0.39 is 48.8 Å². The molecular formula is C29H63O13PV. The van der Waals surface area contributed by atoms with Crippen LogP contribution in [0.2, 0.25) is 0 Å². The number of rotatable bonds is 17. The monoisotopic (exact) mass is 701 g/mol. The standard InChI is InChI=1S/C15H30O6.C9H20O4.C4H6O2.CH4.H3OP.V/c1-9(16)6-14(19)8-15(7-10(2)17)21-12(4)11(3)20-13(5)18;1-6(10)3-8(12)5-9(13)4-7(2)11;1-3-6-4(2)5;;1-2;/h9-12,14-17,19H,6-8H2,1-5H3;6-13H,3-5H2,1-2H3;3H,1H2,2H3;1H4;1H,2H2;. The normalized spacial score (nSPS) is 16.8. The van der Waals surface area contributed by atoms with Crippen LogP contribution >= 0.6 is 9.47 Å². The summed E-state index contributed by atoms with van der Waals surface area (Å²) in [6, 6.07) is 0. The number of hydrogen-bond acceptors (Lipinski definition) is 13. The largest absolute Gasteiger partial charge is 0.460 e. The molecule has 0 saturated heterocycles. The van der Waals surface area contributed by atoms with Gasteiger partial charge in [0, 0.05) is 32.4 Å². The van der Waals surface area contributed by atoms with Crippen molar-refractivity contribution in [3.63, 3.8) is 0 Å². The summed E-state index contributed by atoms with van der Waals surface area (Å²) < 4.78 is 15.0.